The average Bonchev–Trinajstić information content (AvgIpc) is 3.16. The molecule has 0 bridgehead atoms. The second-order valence-electron chi connectivity index (χ2n) is 7.21. The zero-order valence-corrected chi connectivity index (χ0v) is 18.1. The van der Waals surface area contributed by atoms with Crippen molar-refractivity contribution in [1.29, 1.82) is 0 Å². The molecule has 1 amide bonds. The van der Waals surface area contributed by atoms with Gasteiger partial charge in [0.15, 0.2) is 5.82 Å². The van der Waals surface area contributed by atoms with Crippen molar-refractivity contribution in [2.45, 2.75) is 43.1 Å². The number of anilines is 1. The normalized spacial score (nSPS) is 17.7. The number of para-hydroxylation sites is 1. The summed E-state index contributed by atoms with van der Waals surface area (Å²) < 4.78 is 7.21. The maximum Gasteiger partial charge on any atom is 0.240 e. The summed E-state index contributed by atoms with van der Waals surface area (Å²) in [5.74, 6) is 1.57. The Morgan fingerprint density at radius 1 is 1.20 bits per heavy atom. The molecule has 156 valence electrons. The van der Waals surface area contributed by atoms with Crippen LogP contribution in [0.4, 0.5) is 5.69 Å². The van der Waals surface area contributed by atoms with Crippen LogP contribution in [0.1, 0.15) is 36.3 Å². The van der Waals surface area contributed by atoms with Crippen LogP contribution in [0.2, 0.25) is 0 Å². The largest absolute Gasteiger partial charge is 0.497 e. The van der Waals surface area contributed by atoms with Crippen molar-refractivity contribution in [3.63, 3.8) is 0 Å². The number of hydrogen-bond donors (Lipinski definition) is 2. The predicted octanol–water partition coefficient (Wildman–Crippen LogP) is 3.95. The monoisotopic (exact) mass is 423 g/mol. The molecule has 1 aliphatic rings. The van der Waals surface area contributed by atoms with E-state index in [-0.39, 0.29) is 11.9 Å². The summed E-state index contributed by atoms with van der Waals surface area (Å²) in [5, 5.41) is 12.0. The third kappa shape index (κ3) is 4.00. The molecule has 0 saturated carbocycles. The summed E-state index contributed by atoms with van der Waals surface area (Å²) in [7, 11) is 1.64. The van der Waals surface area contributed by atoms with Gasteiger partial charge in [0.1, 0.15) is 11.0 Å². The van der Waals surface area contributed by atoms with Gasteiger partial charge in [-0.2, -0.15) is 0 Å². The van der Waals surface area contributed by atoms with Gasteiger partial charge < -0.3 is 15.5 Å². The first-order chi connectivity index (χ1) is 14.6. The number of carbonyl (C=O) groups excluding carboxylic acids is 1. The first-order valence-electron chi connectivity index (χ1n) is 9.98. The van der Waals surface area contributed by atoms with E-state index in [2.05, 4.69) is 27.9 Å². The first-order valence-corrected chi connectivity index (χ1v) is 10.9. The highest BCUT2D eigenvalue weighted by molar-refractivity contribution is 8.00. The number of rotatable bonds is 6. The van der Waals surface area contributed by atoms with E-state index in [0.29, 0.717) is 5.16 Å². The first kappa shape index (κ1) is 20.3. The number of thioether (sulfide) groups is 1. The van der Waals surface area contributed by atoms with E-state index in [0.717, 1.165) is 41.2 Å². The molecule has 30 heavy (non-hydrogen) atoms. The van der Waals surface area contributed by atoms with Crippen LogP contribution in [0.5, 0.6) is 5.75 Å². The molecule has 8 heteroatoms. The van der Waals surface area contributed by atoms with Crippen LogP contribution in [0.25, 0.3) is 0 Å². The Morgan fingerprint density at radius 3 is 2.67 bits per heavy atom. The number of aryl methyl sites for hydroxylation is 2. The van der Waals surface area contributed by atoms with Crippen molar-refractivity contribution in [1.82, 2.24) is 14.9 Å². The summed E-state index contributed by atoms with van der Waals surface area (Å²) in [6, 6.07) is 15.3. The Balaban J connectivity index is 1.67. The van der Waals surface area contributed by atoms with Gasteiger partial charge in [0.05, 0.1) is 13.2 Å². The quantitative estimate of drug-likeness (QED) is 0.625. The van der Waals surface area contributed by atoms with Crippen LogP contribution in [-0.4, -0.2) is 33.1 Å². The van der Waals surface area contributed by atoms with E-state index >= 15 is 0 Å². The van der Waals surface area contributed by atoms with Crippen molar-refractivity contribution in [2.75, 3.05) is 17.9 Å². The van der Waals surface area contributed by atoms with Crippen LogP contribution >= 0.6 is 11.8 Å². The molecular formula is C22H25N5O2S. The van der Waals surface area contributed by atoms with Crippen molar-refractivity contribution in [2.24, 2.45) is 0 Å². The number of nitrogens with zero attached hydrogens (tertiary/aromatic N) is 3. The molecule has 0 saturated heterocycles. The number of carbonyl (C=O) groups is 1. The molecule has 1 aromatic heterocycles. The second kappa shape index (κ2) is 8.79. The van der Waals surface area contributed by atoms with E-state index in [9.17, 15) is 4.79 Å². The summed E-state index contributed by atoms with van der Waals surface area (Å²) in [6.45, 7) is 4.09. The number of amides is 1. The van der Waals surface area contributed by atoms with Gasteiger partial charge in [-0.3, -0.25) is 4.79 Å². The summed E-state index contributed by atoms with van der Waals surface area (Å²) in [5.41, 5.74) is 6.32. The van der Waals surface area contributed by atoms with Gasteiger partial charge in [-0.05, 0) is 42.7 Å². The molecular weight excluding hydrogens is 398 g/mol. The Kier molecular flexibility index (Phi) is 5.94. The summed E-state index contributed by atoms with van der Waals surface area (Å²) in [4.78, 5) is 13.3. The molecule has 1 aliphatic heterocycles. The molecule has 3 aromatic rings. The van der Waals surface area contributed by atoms with Gasteiger partial charge >= 0.3 is 0 Å². The molecule has 0 spiro atoms. The average molecular weight is 424 g/mol. The van der Waals surface area contributed by atoms with Crippen molar-refractivity contribution >= 4 is 23.4 Å². The minimum Gasteiger partial charge on any atom is -0.497 e. The van der Waals surface area contributed by atoms with Gasteiger partial charge in [0, 0.05) is 12.1 Å². The Morgan fingerprint density at radius 2 is 1.97 bits per heavy atom. The smallest absolute Gasteiger partial charge is 0.240 e. The van der Waals surface area contributed by atoms with Crippen molar-refractivity contribution in [3.05, 3.63) is 65.5 Å². The topological polar surface area (TPSA) is 81.1 Å². The minimum atomic E-state index is -0.413. The van der Waals surface area contributed by atoms with Crippen LogP contribution in [0.15, 0.2) is 53.7 Å². The van der Waals surface area contributed by atoms with Gasteiger partial charge in [-0.15, -0.1) is 10.2 Å². The lowest BCUT2D eigenvalue weighted by Gasteiger charge is -2.33. The van der Waals surface area contributed by atoms with Gasteiger partial charge in [0.25, 0.3) is 0 Å². The molecule has 4 rings (SSSR count). The van der Waals surface area contributed by atoms with E-state index in [1.165, 1.54) is 11.8 Å². The van der Waals surface area contributed by atoms with E-state index in [1.54, 1.807) is 7.11 Å². The molecule has 0 unspecified atom stereocenters. The highest BCUT2D eigenvalue weighted by Crippen LogP contribution is 2.38. The SMILES string of the molecule is CCCc1nnc2n1N[C@@H](c1ccc(OC)cc1)[C@H](C(=O)Nc1ccccc1C)S2. The molecule has 2 N–H and O–H groups in total. The fraction of sp³-hybridized carbons (Fsp3) is 0.318. The van der Waals surface area contributed by atoms with E-state index < -0.39 is 5.25 Å². The third-order valence-corrected chi connectivity index (χ3v) is 6.33. The molecule has 0 aliphatic carbocycles. The lowest BCUT2D eigenvalue weighted by molar-refractivity contribution is -0.116. The number of aromatic nitrogens is 3. The Bertz CT molecular complexity index is 1030. The lowest BCUT2D eigenvalue weighted by Crippen LogP contribution is -2.41. The van der Waals surface area contributed by atoms with Crippen LogP contribution in [0, 0.1) is 6.92 Å². The standard InChI is InChI=1S/C22H25N5O2S/c1-4-7-18-24-25-22-27(18)26-19(15-10-12-16(29-3)13-11-15)20(30-22)21(28)23-17-9-6-5-8-14(17)2/h5-6,8-13,19-20,26H,4,7H2,1-3H3,(H,23,28)/t19-,20+/m0/s1. The minimum absolute atomic E-state index is 0.0751. The molecule has 2 heterocycles. The lowest BCUT2D eigenvalue weighted by atomic mass is 10.0. The fourth-order valence-corrected chi connectivity index (χ4v) is 4.56. The third-order valence-electron chi connectivity index (χ3n) is 5.11. The Hall–Kier alpha value is -3.00. The maximum atomic E-state index is 13.3. The molecule has 2 atom stereocenters. The number of nitrogens with one attached hydrogen (secondary N) is 2. The number of methoxy groups -OCH3 is 1. The number of benzene rings is 2. The van der Waals surface area contributed by atoms with Gasteiger partial charge in [-0.1, -0.05) is 49.0 Å². The highest BCUT2D eigenvalue weighted by atomic mass is 32.2. The molecule has 7 nitrogen and oxygen atoms in total. The zero-order valence-electron chi connectivity index (χ0n) is 17.3. The van der Waals surface area contributed by atoms with Gasteiger partial charge in [0.2, 0.25) is 11.1 Å². The maximum absolute atomic E-state index is 13.3. The zero-order chi connectivity index (χ0) is 21.1. The van der Waals surface area contributed by atoms with Crippen molar-refractivity contribution < 1.29 is 9.53 Å². The van der Waals surface area contributed by atoms with E-state index in [1.807, 2.05) is 60.1 Å². The van der Waals surface area contributed by atoms with Crippen LogP contribution < -0.4 is 15.5 Å². The number of hydrogen-bond acceptors (Lipinski definition) is 6. The van der Waals surface area contributed by atoms with Crippen LogP contribution in [-0.2, 0) is 11.2 Å². The molecule has 0 fully saturated rings. The molecule has 0 radical (unpaired) electrons. The number of ether oxygens (including phenoxy) is 1. The summed E-state index contributed by atoms with van der Waals surface area (Å²) >= 11 is 1.43. The highest BCUT2D eigenvalue weighted by Gasteiger charge is 2.37. The Labute approximate surface area is 180 Å². The van der Waals surface area contributed by atoms with Crippen LogP contribution in [0.3, 0.4) is 0 Å². The number of fused-ring (bicyclic) bond motifs is 1. The van der Waals surface area contributed by atoms with Gasteiger partial charge in [-0.25, -0.2) is 4.68 Å². The molecule has 2 aromatic carbocycles. The van der Waals surface area contributed by atoms with Crippen molar-refractivity contribution in [3.8, 4) is 5.75 Å². The van der Waals surface area contributed by atoms with E-state index in [4.69, 9.17) is 4.74 Å². The summed E-state index contributed by atoms with van der Waals surface area (Å²) in [6.07, 6.45) is 1.78. The predicted molar refractivity (Wildman–Crippen MR) is 119 cm³/mol. The second-order valence-corrected chi connectivity index (χ2v) is 8.32. The fourth-order valence-electron chi connectivity index (χ4n) is 3.46.